The van der Waals surface area contributed by atoms with Crippen molar-refractivity contribution in [3.8, 4) is 0 Å². The zero-order valence-electron chi connectivity index (χ0n) is 6.54. The molecular weight excluding hydrogens is 110 g/mol. The predicted molar refractivity (Wildman–Crippen MR) is 35.2 cm³/mol. The van der Waals surface area contributed by atoms with Crippen molar-refractivity contribution in [2.75, 3.05) is 0 Å². The van der Waals surface area contributed by atoms with E-state index in [0.29, 0.717) is 0 Å². The Balaban J connectivity index is 0. The van der Waals surface area contributed by atoms with Gasteiger partial charge in [-0.15, -0.1) is 12.1 Å². The molecule has 1 aromatic carbocycles. The molecule has 0 saturated carbocycles. The standard InChI is InChI=1S/C8H7.2Li/c1-2-8-6-4-3-5-7-8;;/h1-7H;;/q-1;2*+1. The summed E-state index contributed by atoms with van der Waals surface area (Å²) >= 11 is 0. The van der Waals surface area contributed by atoms with E-state index < -0.39 is 0 Å². The Labute approximate surface area is 86.1 Å². The molecular formula is C8H7Li2+. The van der Waals surface area contributed by atoms with Gasteiger partial charge in [0.1, 0.15) is 0 Å². The molecule has 0 atom stereocenters. The average Bonchev–Trinajstić information content (AvgIpc) is 1.90. The molecule has 0 spiro atoms. The van der Waals surface area contributed by atoms with Crippen molar-refractivity contribution in [3.05, 3.63) is 42.5 Å². The van der Waals surface area contributed by atoms with Gasteiger partial charge >= 0.3 is 37.7 Å². The monoisotopic (exact) mass is 117 g/mol. The molecule has 2 heteroatoms. The van der Waals surface area contributed by atoms with Gasteiger partial charge in [0, 0.05) is 0 Å². The van der Waals surface area contributed by atoms with Crippen LogP contribution in [0, 0.1) is 6.58 Å². The minimum Gasteiger partial charge on any atom is -0.292 e. The van der Waals surface area contributed by atoms with Gasteiger partial charge in [0.2, 0.25) is 0 Å². The summed E-state index contributed by atoms with van der Waals surface area (Å²) in [5, 5.41) is 0. The first kappa shape index (κ1) is 12.8. The van der Waals surface area contributed by atoms with Crippen molar-refractivity contribution in [2.24, 2.45) is 0 Å². The summed E-state index contributed by atoms with van der Waals surface area (Å²) in [6.07, 6.45) is 1.58. The number of hydrogen-bond donors (Lipinski definition) is 0. The van der Waals surface area contributed by atoms with E-state index in [1.165, 1.54) is 0 Å². The van der Waals surface area contributed by atoms with Gasteiger partial charge < -0.3 is 0 Å². The Bertz CT molecular complexity index is 170. The van der Waals surface area contributed by atoms with Crippen LogP contribution in [0.2, 0.25) is 0 Å². The fourth-order valence-electron chi connectivity index (χ4n) is 0.564. The van der Waals surface area contributed by atoms with E-state index in [4.69, 9.17) is 6.58 Å². The molecule has 1 rings (SSSR count). The van der Waals surface area contributed by atoms with Crippen LogP contribution in [-0.2, 0) is 0 Å². The van der Waals surface area contributed by atoms with Crippen LogP contribution in [0.15, 0.2) is 30.3 Å². The summed E-state index contributed by atoms with van der Waals surface area (Å²) in [5.74, 6) is 0. The van der Waals surface area contributed by atoms with Crippen LogP contribution >= 0.6 is 0 Å². The summed E-state index contributed by atoms with van der Waals surface area (Å²) in [4.78, 5) is 0. The number of hydrogen-bond acceptors (Lipinski definition) is 0. The Morgan fingerprint density at radius 1 is 1.00 bits per heavy atom. The molecule has 1 aromatic rings. The van der Waals surface area contributed by atoms with Gasteiger partial charge in [0.05, 0.1) is 0 Å². The second-order valence-electron chi connectivity index (χ2n) is 1.58. The first-order valence-electron chi connectivity index (χ1n) is 2.53. The van der Waals surface area contributed by atoms with Gasteiger partial charge in [-0.2, -0.15) is 5.56 Å². The smallest absolute Gasteiger partial charge is 0.292 e. The average molecular weight is 117 g/mol. The van der Waals surface area contributed by atoms with Gasteiger partial charge in [-0.1, -0.05) is 18.2 Å². The Hall–Kier alpha value is 0.155. The molecule has 0 fully saturated rings. The first-order chi connectivity index (χ1) is 3.93. The van der Waals surface area contributed by atoms with Crippen LogP contribution < -0.4 is 37.7 Å². The molecule has 0 aliphatic carbocycles. The normalized spacial score (nSPS) is 6.80. The van der Waals surface area contributed by atoms with E-state index in [1.807, 2.05) is 30.3 Å². The second kappa shape index (κ2) is 7.26. The van der Waals surface area contributed by atoms with Crippen molar-refractivity contribution in [2.45, 2.75) is 0 Å². The fourth-order valence-corrected chi connectivity index (χ4v) is 0.564. The molecule has 40 valence electrons. The zero-order chi connectivity index (χ0) is 5.82. The third-order valence-electron chi connectivity index (χ3n) is 0.992. The van der Waals surface area contributed by atoms with Gasteiger partial charge in [0.15, 0.2) is 0 Å². The van der Waals surface area contributed by atoms with Crippen molar-refractivity contribution < 1.29 is 37.7 Å². The first-order valence-corrected chi connectivity index (χ1v) is 2.53. The van der Waals surface area contributed by atoms with Crippen LogP contribution in [0.25, 0.3) is 6.08 Å². The van der Waals surface area contributed by atoms with Crippen molar-refractivity contribution in [3.63, 3.8) is 0 Å². The topological polar surface area (TPSA) is 0 Å². The molecule has 0 N–H and O–H groups in total. The quantitative estimate of drug-likeness (QED) is 0.261. The molecule has 0 aromatic heterocycles. The molecule has 0 saturated heterocycles. The maximum absolute atomic E-state index is 5.22. The largest absolute Gasteiger partial charge is 1.00 e. The molecule has 0 heterocycles. The van der Waals surface area contributed by atoms with E-state index in [-0.39, 0.29) is 37.7 Å². The Kier molecular flexibility index (Phi) is 9.30. The van der Waals surface area contributed by atoms with Gasteiger partial charge in [-0.05, 0) is 0 Å². The Morgan fingerprint density at radius 3 is 1.80 bits per heavy atom. The van der Waals surface area contributed by atoms with Crippen LogP contribution in [-0.4, -0.2) is 0 Å². The van der Waals surface area contributed by atoms with E-state index in [2.05, 4.69) is 0 Å². The van der Waals surface area contributed by atoms with Gasteiger partial charge in [-0.3, -0.25) is 6.58 Å². The van der Waals surface area contributed by atoms with Crippen LogP contribution in [0.3, 0.4) is 0 Å². The molecule has 0 nitrogen and oxygen atoms in total. The van der Waals surface area contributed by atoms with Crippen LogP contribution in [0.1, 0.15) is 5.56 Å². The molecule has 0 radical (unpaired) electrons. The molecule has 0 unspecified atom stereocenters. The van der Waals surface area contributed by atoms with E-state index in [9.17, 15) is 0 Å². The maximum atomic E-state index is 5.22. The molecule has 0 amide bonds. The molecule has 10 heavy (non-hydrogen) atoms. The summed E-state index contributed by atoms with van der Waals surface area (Å²) in [7, 11) is 0. The molecule has 0 bridgehead atoms. The third kappa shape index (κ3) is 4.05. The van der Waals surface area contributed by atoms with Crippen LogP contribution in [0.5, 0.6) is 0 Å². The third-order valence-corrected chi connectivity index (χ3v) is 0.992. The summed E-state index contributed by atoms with van der Waals surface area (Å²) in [6, 6.07) is 9.80. The number of benzene rings is 1. The fraction of sp³-hybridized carbons (Fsp3) is 0. The second-order valence-corrected chi connectivity index (χ2v) is 1.58. The maximum Gasteiger partial charge on any atom is 1.00 e. The van der Waals surface area contributed by atoms with Gasteiger partial charge in [-0.25, -0.2) is 6.08 Å². The SMILES string of the molecule is [CH-]=Cc1ccccc1.[Li+].[Li+]. The minimum absolute atomic E-state index is 0. The summed E-state index contributed by atoms with van der Waals surface area (Å²) in [6.45, 7) is 5.22. The predicted octanol–water partition coefficient (Wildman–Crippen LogP) is -3.86. The van der Waals surface area contributed by atoms with E-state index in [0.717, 1.165) is 5.56 Å². The molecule has 0 aliphatic rings. The van der Waals surface area contributed by atoms with Crippen molar-refractivity contribution >= 4 is 6.08 Å². The van der Waals surface area contributed by atoms with Crippen LogP contribution in [0.4, 0.5) is 0 Å². The van der Waals surface area contributed by atoms with E-state index >= 15 is 0 Å². The molecule has 0 aliphatic heterocycles. The van der Waals surface area contributed by atoms with Crippen molar-refractivity contribution in [1.29, 1.82) is 0 Å². The van der Waals surface area contributed by atoms with E-state index in [1.54, 1.807) is 6.08 Å². The summed E-state index contributed by atoms with van der Waals surface area (Å²) in [5.41, 5.74) is 1.06. The zero-order valence-corrected chi connectivity index (χ0v) is 6.54. The Morgan fingerprint density at radius 2 is 1.50 bits per heavy atom. The minimum atomic E-state index is 0. The van der Waals surface area contributed by atoms with Crippen molar-refractivity contribution in [1.82, 2.24) is 0 Å². The summed E-state index contributed by atoms with van der Waals surface area (Å²) < 4.78 is 0. The number of rotatable bonds is 1. The van der Waals surface area contributed by atoms with Gasteiger partial charge in [0.25, 0.3) is 0 Å².